The van der Waals surface area contributed by atoms with E-state index in [4.69, 9.17) is 0 Å². The van der Waals surface area contributed by atoms with Crippen LogP contribution < -0.4 is 0 Å². The molecule has 0 heterocycles. The van der Waals surface area contributed by atoms with Gasteiger partial charge in [-0.2, -0.15) is 0 Å². The Morgan fingerprint density at radius 2 is 0.600 bits per heavy atom. The highest BCUT2D eigenvalue weighted by Crippen LogP contribution is 2.22. The number of hydrogen-bond acceptors (Lipinski definition) is 0. The van der Waals surface area contributed by atoms with Crippen molar-refractivity contribution >= 4 is 63.7 Å². The van der Waals surface area contributed by atoms with Crippen LogP contribution in [0.2, 0.25) is 0 Å². The highest BCUT2D eigenvalue weighted by molar-refractivity contribution is 9.25. The number of halogens is 4. The van der Waals surface area contributed by atoms with Gasteiger partial charge in [0, 0.05) is 0 Å². The van der Waals surface area contributed by atoms with Crippen LogP contribution in [0.25, 0.3) is 0 Å². The normalized spacial score (nSPS) is 12.0. The third kappa shape index (κ3) is 214. The highest BCUT2D eigenvalue weighted by Gasteiger charge is 2.02. The van der Waals surface area contributed by atoms with Crippen LogP contribution in [0.3, 0.4) is 0 Å². The SMILES string of the molecule is CC(C)(Br)Br.CC(C)(Br)Br. The Morgan fingerprint density at radius 1 is 0.600 bits per heavy atom. The summed E-state index contributed by atoms with van der Waals surface area (Å²) in [7, 11) is 0. The first-order valence-corrected chi connectivity index (χ1v) is 5.93. The molecule has 0 amide bonds. The van der Waals surface area contributed by atoms with Crippen LogP contribution in [0.4, 0.5) is 0 Å². The molecule has 0 aliphatic rings. The van der Waals surface area contributed by atoms with Gasteiger partial charge in [-0.25, -0.2) is 0 Å². The van der Waals surface area contributed by atoms with Gasteiger partial charge in [0.25, 0.3) is 0 Å². The lowest BCUT2D eigenvalue weighted by Gasteiger charge is -1.99. The summed E-state index contributed by atoms with van der Waals surface area (Å²) >= 11 is 13.2. The lowest BCUT2D eigenvalue weighted by Crippen LogP contribution is -1.91. The van der Waals surface area contributed by atoms with Gasteiger partial charge in [0.15, 0.2) is 0 Å². The first-order valence-electron chi connectivity index (χ1n) is 2.76. The summed E-state index contributed by atoms with van der Waals surface area (Å²) in [4.78, 5) is 0. The Kier molecular flexibility index (Phi) is 8.01. The van der Waals surface area contributed by atoms with E-state index in [0.717, 1.165) is 0 Å². The van der Waals surface area contributed by atoms with Crippen LogP contribution in [0.15, 0.2) is 0 Å². The third-order valence-corrected chi connectivity index (χ3v) is 0. The summed E-state index contributed by atoms with van der Waals surface area (Å²) in [5.41, 5.74) is 0. The fourth-order valence-electron chi connectivity index (χ4n) is 0. The van der Waals surface area contributed by atoms with Crippen molar-refractivity contribution in [3.63, 3.8) is 0 Å². The molecule has 0 saturated carbocycles. The summed E-state index contributed by atoms with van der Waals surface area (Å²) < 4.78 is 0.250. The highest BCUT2D eigenvalue weighted by atomic mass is 79.9. The molecule has 0 nitrogen and oxygen atoms in total. The number of alkyl halides is 4. The van der Waals surface area contributed by atoms with Crippen molar-refractivity contribution < 1.29 is 0 Å². The Bertz CT molecular complexity index is 52.7. The minimum absolute atomic E-state index is 0.125. The standard InChI is InChI=1S/2C3H6Br2/c2*1-3(2,4)5/h2*1-2H3. The van der Waals surface area contributed by atoms with Crippen molar-refractivity contribution in [1.82, 2.24) is 0 Å². The molecule has 10 heavy (non-hydrogen) atoms. The Hall–Kier alpha value is 1.92. The maximum atomic E-state index is 3.29. The van der Waals surface area contributed by atoms with E-state index in [0.29, 0.717) is 0 Å². The molecule has 0 aromatic carbocycles. The lowest BCUT2D eigenvalue weighted by atomic mass is 10.6. The Balaban J connectivity index is 0. The van der Waals surface area contributed by atoms with Crippen LogP contribution >= 0.6 is 63.7 Å². The molecule has 0 aliphatic carbocycles. The maximum absolute atomic E-state index is 3.29. The van der Waals surface area contributed by atoms with Gasteiger partial charge < -0.3 is 0 Å². The van der Waals surface area contributed by atoms with E-state index in [-0.39, 0.29) is 6.47 Å². The zero-order valence-electron chi connectivity index (χ0n) is 6.51. The van der Waals surface area contributed by atoms with E-state index >= 15 is 0 Å². The summed E-state index contributed by atoms with van der Waals surface area (Å²) in [5.74, 6) is 0. The first-order chi connectivity index (χ1) is 4.00. The average molecular weight is 404 g/mol. The third-order valence-electron chi connectivity index (χ3n) is 0. The molecule has 0 atom stereocenters. The van der Waals surface area contributed by atoms with Gasteiger partial charge in [-0.05, 0) is 27.7 Å². The molecule has 0 fully saturated rings. The van der Waals surface area contributed by atoms with Gasteiger partial charge in [-0.1, -0.05) is 63.7 Å². The molecule has 0 aliphatic heterocycles. The van der Waals surface area contributed by atoms with Crippen molar-refractivity contribution in [3.05, 3.63) is 0 Å². The van der Waals surface area contributed by atoms with Crippen molar-refractivity contribution in [2.45, 2.75) is 34.2 Å². The van der Waals surface area contributed by atoms with Crippen molar-refractivity contribution in [3.8, 4) is 0 Å². The van der Waals surface area contributed by atoms with E-state index in [2.05, 4.69) is 63.7 Å². The Labute approximate surface area is 97.0 Å². The quantitative estimate of drug-likeness (QED) is 0.498. The molecule has 4 heteroatoms. The molecule has 0 bridgehead atoms. The van der Waals surface area contributed by atoms with Gasteiger partial charge >= 0.3 is 0 Å². The van der Waals surface area contributed by atoms with E-state index in [1.165, 1.54) is 0 Å². The smallest absolute Gasteiger partial charge is 0.0733 e. The molecule has 64 valence electrons. The molecule has 0 rings (SSSR count). The topological polar surface area (TPSA) is 0 Å². The fraction of sp³-hybridized carbons (Fsp3) is 1.00. The maximum Gasteiger partial charge on any atom is 0.0749 e. The van der Waals surface area contributed by atoms with Gasteiger partial charge in [-0.15, -0.1) is 0 Å². The molecule has 0 N–H and O–H groups in total. The van der Waals surface area contributed by atoms with Crippen LogP contribution in [-0.4, -0.2) is 6.47 Å². The van der Waals surface area contributed by atoms with Crippen molar-refractivity contribution in [2.24, 2.45) is 0 Å². The summed E-state index contributed by atoms with van der Waals surface area (Å²) in [5, 5.41) is 0. The van der Waals surface area contributed by atoms with Crippen LogP contribution in [0.1, 0.15) is 27.7 Å². The fourth-order valence-corrected chi connectivity index (χ4v) is 0. The number of hydrogen-bond donors (Lipinski definition) is 0. The minimum atomic E-state index is 0.125. The predicted molar refractivity (Wildman–Crippen MR) is 63.9 cm³/mol. The first kappa shape index (κ1) is 14.4. The van der Waals surface area contributed by atoms with E-state index in [1.54, 1.807) is 0 Å². The van der Waals surface area contributed by atoms with Crippen molar-refractivity contribution in [2.75, 3.05) is 0 Å². The molecule has 0 saturated heterocycles. The molecule has 0 aromatic rings. The van der Waals surface area contributed by atoms with Gasteiger partial charge in [0.05, 0.1) is 6.47 Å². The lowest BCUT2D eigenvalue weighted by molar-refractivity contribution is 1.08. The van der Waals surface area contributed by atoms with Gasteiger partial charge in [0.1, 0.15) is 0 Å². The molecule has 0 unspecified atom stereocenters. The molecular weight excluding hydrogens is 392 g/mol. The predicted octanol–water partition coefficient (Wildman–Crippen LogP) is 5.02. The van der Waals surface area contributed by atoms with Crippen molar-refractivity contribution in [1.29, 1.82) is 0 Å². The van der Waals surface area contributed by atoms with Crippen LogP contribution in [-0.2, 0) is 0 Å². The molecular formula is C6H12Br4. The van der Waals surface area contributed by atoms with Gasteiger partial charge in [-0.3, -0.25) is 0 Å². The Morgan fingerprint density at radius 3 is 0.600 bits per heavy atom. The number of rotatable bonds is 0. The van der Waals surface area contributed by atoms with E-state index in [9.17, 15) is 0 Å². The summed E-state index contributed by atoms with van der Waals surface area (Å²) in [6.07, 6.45) is 0. The molecule has 0 radical (unpaired) electrons. The molecule has 0 spiro atoms. The molecule has 0 aromatic heterocycles. The second-order valence-electron chi connectivity index (χ2n) is 2.65. The largest absolute Gasteiger partial charge is 0.0749 e. The van der Waals surface area contributed by atoms with Gasteiger partial charge in [0.2, 0.25) is 0 Å². The van der Waals surface area contributed by atoms with Crippen LogP contribution in [0.5, 0.6) is 0 Å². The zero-order valence-corrected chi connectivity index (χ0v) is 12.9. The summed E-state index contributed by atoms with van der Waals surface area (Å²) in [6.45, 7) is 8.08. The monoisotopic (exact) mass is 400 g/mol. The zero-order chi connectivity index (χ0) is 9.00. The average Bonchev–Trinajstić information content (AvgIpc) is 1.12. The van der Waals surface area contributed by atoms with E-state index in [1.807, 2.05) is 27.7 Å². The van der Waals surface area contributed by atoms with Crippen LogP contribution in [0, 0.1) is 0 Å². The minimum Gasteiger partial charge on any atom is -0.0733 e. The summed E-state index contributed by atoms with van der Waals surface area (Å²) in [6, 6.07) is 0. The second-order valence-corrected chi connectivity index (χ2v) is 12.7. The van der Waals surface area contributed by atoms with E-state index < -0.39 is 0 Å². The second kappa shape index (κ2) is 5.55.